The van der Waals surface area contributed by atoms with E-state index in [0.717, 1.165) is 36.8 Å². The van der Waals surface area contributed by atoms with Gasteiger partial charge in [0.05, 0.1) is 29.5 Å². The highest BCUT2D eigenvalue weighted by Gasteiger charge is 2.14. The van der Waals surface area contributed by atoms with E-state index in [1.165, 1.54) is 6.42 Å². The number of pyridine rings is 2. The van der Waals surface area contributed by atoms with E-state index in [-0.39, 0.29) is 23.9 Å². The molecule has 3 aromatic rings. The van der Waals surface area contributed by atoms with E-state index in [9.17, 15) is 9.59 Å². The fraction of sp³-hybridized carbons (Fsp3) is 0.316. The Labute approximate surface area is 157 Å². The van der Waals surface area contributed by atoms with Gasteiger partial charge in [-0.3, -0.25) is 19.5 Å². The van der Waals surface area contributed by atoms with Crippen LogP contribution < -0.4 is 10.9 Å². The Balaban J connectivity index is 0.00000196. The fourth-order valence-electron chi connectivity index (χ4n) is 3.44. The number of benzene rings is 1. The predicted molar refractivity (Wildman–Crippen MR) is 106 cm³/mol. The summed E-state index contributed by atoms with van der Waals surface area (Å²) in [6.07, 6.45) is 5.19. The molecule has 3 heterocycles. The summed E-state index contributed by atoms with van der Waals surface area (Å²) in [7, 11) is 0. The Bertz CT molecular complexity index is 996. The molecule has 1 saturated heterocycles. The van der Waals surface area contributed by atoms with Crippen molar-refractivity contribution in [3.63, 3.8) is 0 Å². The second-order valence-corrected chi connectivity index (χ2v) is 6.50. The van der Waals surface area contributed by atoms with Crippen molar-refractivity contribution in [3.8, 4) is 0 Å². The summed E-state index contributed by atoms with van der Waals surface area (Å²) in [5.74, 6) is -0.0498. The van der Waals surface area contributed by atoms with Crippen molar-refractivity contribution < 1.29 is 4.79 Å². The maximum atomic E-state index is 12.2. The van der Waals surface area contributed by atoms with Gasteiger partial charge in [-0.25, -0.2) is 0 Å². The summed E-state index contributed by atoms with van der Waals surface area (Å²) < 4.78 is 0. The summed E-state index contributed by atoms with van der Waals surface area (Å²) in [5, 5.41) is 4.31. The van der Waals surface area contributed by atoms with Crippen LogP contribution in [0.25, 0.3) is 21.8 Å². The normalized spacial score (nSPS) is 14.9. The first-order chi connectivity index (χ1) is 12.2. The molecule has 0 spiro atoms. The molecular formula is C19H21ClN4O2. The van der Waals surface area contributed by atoms with E-state index >= 15 is 0 Å². The number of amides is 1. The minimum absolute atomic E-state index is 0. The molecule has 0 atom stereocenters. The monoisotopic (exact) mass is 372 g/mol. The van der Waals surface area contributed by atoms with Crippen molar-refractivity contribution >= 4 is 45.8 Å². The Morgan fingerprint density at radius 2 is 1.88 bits per heavy atom. The Kier molecular flexibility index (Phi) is 5.54. The second-order valence-electron chi connectivity index (χ2n) is 6.50. The predicted octanol–water partition coefficient (Wildman–Crippen LogP) is 2.92. The molecule has 1 aromatic carbocycles. The molecule has 0 unspecified atom stereocenters. The maximum Gasteiger partial charge on any atom is 0.256 e. The van der Waals surface area contributed by atoms with Gasteiger partial charge in [0.25, 0.3) is 5.56 Å². The third-order valence-electron chi connectivity index (χ3n) is 4.66. The number of anilines is 1. The van der Waals surface area contributed by atoms with Crippen LogP contribution in [0.1, 0.15) is 19.3 Å². The van der Waals surface area contributed by atoms with Gasteiger partial charge in [-0.1, -0.05) is 24.6 Å². The minimum Gasteiger partial charge on any atom is -0.324 e. The molecule has 0 radical (unpaired) electrons. The number of fused-ring (bicyclic) bond motifs is 3. The number of H-pyrrole nitrogens is 1. The molecule has 26 heavy (non-hydrogen) atoms. The lowest BCUT2D eigenvalue weighted by atomic mass is 10.1. The van der Waals surface area contributed by atoms with Crippen LogP contribution in [-0.2, 0) is 4.79 Å². The zero-order valence-electron chi connectivity index (χ0n) is 14.3. The zero-order valence-corrected chi connectivity index (χ0v) is 15.1. The molecule has 0 saturated carbocycles. The first-order valence-corrected chi connectivity index (χ1v) is 8.64. The van der Waals surface area contributed by atoms with Crippen molar-refractivity contribution in [2.24, 2.45) is 0 Å². The second kappa shape index (κ2) is 7.85. The lowest BCUT2D eigenvalue weighted by molar-refractivity contribution is -0.117. The van der Waals surface area contributed by atoms with Gasteiger partial charge in [-0.05, 0) is 38.1 Å². The largest absolute Gasteiger partial charge is 0.324 e. The Hall–Kier alpha value is -2.44. The number of halogens is 1. The van der Waals surface area contributed by atoms with Crippen LogP contribution >= 0.6 is 12.4 Å². The van der Waals surface area contributed by atoms with Crippen LogP contribution in [0.2, 0.25) is 0 Å². The Morgan fingerprint density at radius 3 is 2.65 bits per heavy atom. The number of carbonyl (C=O) groups excluding carboxylic acids is 1. The van der Waals surface area contributed by atoms with Gasteiger partial charge in [0.2, 0.25) is 5.91 Å². The number of hydrogen-bond donors (Lipinski definition) is 2. The average Bonchev–Trinajstić information content (AvgIpc) is 2.62. The fourth-order valence-corrected chi connectivity index (χ4v) is 3.44. The number of carbonyl (C=O) groups is 1. The smallest absolute Gasteiger partial charge is 0.256 e. The summed E-state index contributed by atoms with van der Waals surface area (Å²) in [6.45, 7) is 2.34. The third-order valence-corrected chi connectivity index (χ3v) is 4.66. The number of aromatic nitrogens is 2. The first kappa shape index (κ1) is 18.4. The molecule has 2 N–H and O–H groups in total. The van der Waals surface area contributed by atoms with E-state index in [2.05, 4.69) is 20.2 Å². The quantitative estimate of drug-likeness (QED) is 0.693. The van der Waals surface area contributed by atoms with Crippen molar-refractivity contribution in [1.82, 2.24) is 14.9 Å². The van der Waals surface area contributed by atoms with Gasteiger partial charge in [-0.15, -0.1) is 12.4 Å². The van der Waals surface area contributed by atoms with Crippen LogP contribution in [0, 0.1) is 0 Å². The van der Waals surface area contributed by atoms with Crippen molar-refractivity contribution in [3.05, 3.63) is 46.9 Å². The molecular weight excluding hydrogens is 352 g/mol. The number of hydrogen-bond acceptors (Lipinski definition) is 4. The van der Waals surface area contributed by atoms with E-state index in [1.54, 1.807) is 18.3 Å². The first-order valence-electron chi connectivity index (χ1n) is 8.64. The molecule has 0 bridgehead atoms. The standard InChI is InChI=1S/C19H20N4O2.ClH/c24-17(12-23-8-4-1-5-9-23)21-13-10-16-18(20-11-13)14-6-2-3-7-15(14)19(25)22-16;/h2-3,6-7,10-11H,1,4-5,8-9,12H2,(H,21,24)(H,22,25);1H. The maximum absolute atomic E-state index is 12.2. The van der Waals surface area contributed by atoms with E-state index < -0.39 is 0 Å². The van der Waals surface area contributed by atoms with Crippen LogP contribution in [-0.4, -0.2) is 40.4 Å². The van der Waals surface area contributed by atoms with Crippen LogP contribution in [0.3, 0.4) is 0 Å². The number of rotatable bonds is 3. The molecule has 2 aromatic heterocycles. The molecule has 1 aliphatic heterocycles. The number of nitrogens with zero attached hydrogens (tertiary/aromatic N) is 2. The molecule has 6 nitrogen and oxygen atoms in total. The highest BCUT2D eigenvalue weighted by atomic mass is 35.5. The van der Waals surface area contributed by atoms with Gasteiger partial charge in [0.1, 0.15) is 0 Å². The summed E-state index contributed by atoms with van der Waals surface area (Å²) in [5.41, 5.74) is 1.80. The van der Waals surface area contributed by atoms with Gasteiger partial charge >= 0.3 is 0 Å². The summed E-state index contributed by atoms with van der Waals surface area (Å²) in [6, 6.07) is 9.15. The minimum atomic E-state index is -0.151. The lowest BCUT2D eigenvalue weighted by Crippen LogP contribution is -2.36. The average molecular weight is 373 g/mol. The van der Waals surface area contributed by atoms with Crippen LogP contribution in [0.15, 0.2) is 41.3 Å². The highest BCUT2D eigenvalue weighted by molar-refractivity contribution is 6.04. The van der Waals surface area contributed by atoms with Gasteiger partial charge in [-0.2, -0.15) is 0 Å². The van der Waals surface area contributed by atoms with Crippen molar-refractivity contribution in [1.29, 1.82) is 0 Å². The summed E-state index contributed by atoms with van der Waals surface area (Å²) >= 11 is 0. The molecule has 1 amide bonds. The number of piperidine rings is 1. The van der Waals surface area contributed by atoms with E-state index in [1.807, 2.05) is 18.2 Å². The molecule has 1 aliphatic rings. The number of aromatic amines is 1. The number of nitrogens with one attached hydrogen (secondary N) is 2. The van der Waals surface area contributed by atoms with Gasteiger partial charge in [0, 0.05) is 10.8 Å². The summed E-state index contributed by atoms with van der Waals surface area (Å²) in [4.78, 5) is 33.9. The van der Waals surface area contributed by atoms with Crippen LogP contribution in [0.5, 0.6) is 0 Å². The van der Waals surface area contributed by atoms with Crippen molar-refractivity contribution in [2.75, 3.05) is 25.0 Å². The third kappa shape index (κ3) is 3.71. The Morgan fingerprint density at radius 1 is 1.15 bits per heavy atom. The molecule has 0 aliphatic carbocycles. The zero-order chi connectivity index (χ0) is 17.2. The van der Waals surface area contributed by atoms with Gasteiger partial charge < -0.3 is 10.3 Å². The van der Waals surface area contributed by atoms with Gasteiger partial charge in [0.15, 0.2) is 0 Å². The molecule has 1 fully saturated rings. The van der Waals surface area contributed by atoms with Crippen molar-refractivity contribution in [2.45, 2.75) is 19.3 Å². The van der Waals surface area contributed by atoms with Crippen LogP contribution in [0.4, 0.5) is 5.69 Å². The highest BCUT2D eigenvalue weighted by Crippen LogP contribution is 2.21. The lowest BCUT2D eigenvalue weighted by Gasteiger charge is -2.25. The molecule has 7 heteroatoms. The van der Waals surface area contributed by atoms with E-state index in [0.29, 0.717) is 23.1 Å². The topological polar surface area (TPSA) is 78.1 Å². The molecule has 4 rings (SSSR count). The SMILES string of the molecule is Cl.O=C(CN1CCCCC1)Nc1cnc2c(c1)[nH]c(=O)c1ccccc12. The molecule has 136 valence electrons. The number of likely N-dealkylation sites (tertiary alicyclic amines) is 1. The van der Waals surface area contributed by atoms with E-state index in [4.69, 9.17) is 0 Å².